The van der Waals surface area contributed by atoms with E-state index in [2.05, 4.69) is 4.98 Å². The third kappa shape index (κ3) is 3.07. The highest BCUT2D eigenvalue weighted by Crippen LogP contribution is 2.32. The van der Waals surface area contributed by atoms with Crippen molar-refractivity contribution in [1.82, 2.24) is 9.55 Å². The van der Waals surface area contributed by atoms with Gasteiger partial charge in [-0.15, -0.1) is 11.3 Å². The summed E-state index contributed by atoms with van der Waals surface area (Å²) in [4.78, 5) is 55.2. The van der Waals surface area contributed by atoms with Gasteiger partial charge >= 0.3 is 0 Å². The fraction of sp³-hybridized carbons (Fsp3) is 0.211. The minimum atomic E-state index is -0.623. The second-order valence-corrected chi connectivity index (χ2v) is 7.62. The van der Waals surface area contributed by atoms with Crippen molar-refractivity contribution in [2.24, 2.45) is 5.73 Å². The van der Waals surface area contributed by atoms with Gasteiger partial charge in [-0.3, -0.25) is 23.7 Å². The quantitative estimate of drug-likeness (QED) is 0.640. The van der Waals surface area contributed by atoms with Crippen LogP contribution >= 0.6 is 11.3 Å². The number of hydrogen-bond donors (Lipinski definition) is 1. The maximum atomic E-state index is 12.8. The van der Waals surface area contributed by atoms with E-state index in [1.54, 1.807) is 32.2 Å². The minimum Gasteiger partial charge on any atom is -0.482 e. The molecule has 3 heterocycles. The number of likely N-dealkylation sites (N-methyl/N-ethyl adjacent to an activating group) is 1. The van der Waals surface area contributed by atoms with Crippen LogP contribution in [0.3, 0.4) is 0 Å². The van der Waals surface area contributed by atoms with E-state index in [9.17, 15) is 19.2 Å². The van der Waals surface area contributed by atoms with Crippen LogP contribution in [-0.2, 0) is 11.3 Å². The highest BCUT2D eigenvalue weighted by molar-refractivity contribution is 7.20. The van der Waals surface area contributed by atoms with Crippen molar-refractivity contribution in [3.63, 3.8) is 0 Å². The number of amides is 2. The van der Waals surface area contributed by atoms with Crippen molar-refractivity contribution in [3.8, 4) is 5.75 Å². The van der Waals surface area contributed by atoms with E-state index >= 15 is 0 Å². The molecule has 0 unspecified atom stereocenters. The maximum absolute atomic E-state index is 12.8. The summed E-state index contributed by atoms with van der Waals surface area (Å²) in [6.45, 7) is 1.34. The lowest BCUT2D eigenvalue weighted by atomic mass is 10.1. The van der Waals surface area contributed by atoms with Gasteiger partial charge in [0.25, 0.3) is 17.4 Å². The Morgan fingerprint density at radius 2 is 2.07 bits per heavy atom. The second kappa shape index (κ2) is 6.82. The lowest BCUT2D eigenvalue weighted by molar-refractivity contribution is -0.120. The van der Waals surface area contributed by atoms with Gasteiger partial charge in [0.15, 0.2) is 12.4 Å². The molecule has 0 atom stereocenters. The number of nitrogens with two attached hydrogens (primary N) is 1. The van der Waals surface area contributed by atoms with Gasteiger partial charge in [0.05, 0.1) is 28.8 Å². The molecule has 0 radical (unpaired) electrons. The molecule has 1 aliphatic heterocycles. The van der Waals surface area contributed by atoms with E-state index < -0.39 is 11.5 Å². The summed E-state index contributed by atoms with van der Waals surface area (Å²) in [5.41, 5.74) is 6.21. The van der Waals surface area contributed by atoms with Crippen LogP contribution in [-0.4, -0.2) is 40.8 Å². The van der Waals surface area contributed by atoms with Crippen LogP contribution < -0.4 is 20.9 Å². The minimum absolute atomic E-state index is 0.0504. The van der Waals surface area contributed by atoms with Crippen LogP contribution in [0.4, 0.5) is 5.69 Å². The second-order valence-electron chi connectivity index (χ2n) is 6.63. The summed E-state index contributed by atoms with van der Waals surface area (Å²) in [5, 5.41) is 0.281. The number of carbonyl (C=O) groups is 3. The van der Waals surface area contributed by atoms with Crippen molar-refractivity contribution in [2.75, 3.05) is 18.6 Å². The van der Waals surface area contributed by atoms with Crippen LogP contribution in [0.15, 0.2) is 29.3 Å². The van der Waals surface area contributed by atoms with Gasteiger partial charge in [-0.1, -0.05) is 0 Å². The topological polar surface area (TPSA) is 125 Å². The smallest absolute Gasteiger partial charge is 0.264 e. The van der Waals surface area contributed by atoms with Crippen LogP contribution in [0.25, 0.3) is 10.2 Å². The van der Waals surface area contributed by atoms with E-state index in [4.69, 9.17) is 10.5 Å². The number of carbonyl (C=O) groups excluding carboxylic acids is 3. The van der Waals surface area contributed by atoms with Gasteiger partial charge in [-0.2, -0.15) is 0 Å². The van der Waals surface area contributed by atoms with Gasteiger partial charge < -0.3 is 15.4 Å². The average Bonchev–Trinajstić information content (AvgIpc) is 3.04. The molecular formula is C19H16N4O5S. The lowest BCUT2D eigenvalue weighted by Crippen LogP contribution is -2.35. The monoisotopic (exact) mass is 412 g/mol. The van der Waals surface area contributed by atoms with Gasteiger partial charge in [0.2, 0.25) is 0 Å². The molecule has 2 N–H and O–H groups in total. The number of fused-ring (bicyclic) bond motifs is 2. The Labute approximate surface area is 168 Å². The van der Waals surface area contributed by atoms with E-state index in [1.807, 2.05) is 0 Å². The third-order valence-corrected chi connectivity index (χ3v) is 6.04. The number of Topliss-reactive ketones (excluding diaryl/α,β-unsaturated/α-hetero) is 1. The third-order valence-electron chi connectivity index (χ3n) is 4.82. The summed E-state index contributed by atoms with van der Waals surface area (Å²) in [5.74, 6) is -0.657. The fourth-order valence-electron chi connectivity index (χ4n) is 3.20. The molecule has 1 aromatic carbocycles. The Morgan fingerprint density at radius 3 is 2.79 bits per heavy atom. The fourth-order valence-corrected chi connectivity index (χ4v) is 4.19. The first-order chi connectivity index (χ1) is 13.8. The standard InChI is InChI=1S/C19H16N4O5S/c1-9-15-18(29-16(9)17(20)26)21-8-23(19(15)27)6-12(24)10-3-4-13-11(5-10)22(2)14(25)7-28-13/h3-5,8H,6-7H2,1-2H3,(H2,20,26). The van der Waals surface area contributed by atoms with Crippen molar-refractivity contribution >= 4 is 44.8 Å². The molecule has 2 aromatic heterocycles. The molecule has 0 bridgehead atoms. The van der Waals surface area contributed by atoms with Crippen molar-refractivity contribution in [1.29, 1.82) is 0 Å². The molecule has 0 fully saturated rings. The zero-order valence-corrected chi connectivity index (χ0v) is 16.4. The highest BCUT2D eigenvalue weighted by Gasteiger charge is 2.24. The predicted octanol–water partition coefficient (Wildman–Crippen LogP) is 1.10. The molecule has 3 aromatic rings. The van der Waals surface area contributed by atoms with Crippen LogP contribution in [0.2, 0.25) is 0 Å². The Bertz CT molecular complexity index is 1260. The number of hydrogen-bond acceptors (Lipinski definition) is 7. The molecule has 1 aliphatic rings. The summed E-state index contributed by atoms with van der Waals surface area (Å²) in [7, 11) is 1.61. The number of benzene rings is 1. The summed E-state index contributed by atoms with van der Waals surface area (Å²) in [6, 6.07) is 4.77. The molecule has 10 heteroatoms. The zero-order valence-electron chi connectivity index (χ0n) is 15.6. The van der Waals surface area contributed by atoms with Gasteiger partial charge in [-0.25, -0.2) is 4.98 Å². The molecular weight excluding hydrogens is 396 g/mol. The summed E-state index contributed by atoms with van der Waals surface area (Å²) < 4.78 is 6.55. The maximum Gasteiger partial charge on any atom is 0.264 e. The number of primary amides is 1. The van der Waals surface area contributed by atoms with Crippen molar-refractivity contribution < 1.29 is 19.1 Å². The molecule has 148 valence electrons. The van der Waals surface area contributed by atoms with E-state index in [0.29, 0.717) is 27.4 Å². The Hall–Kier alpha value is -3.53. The predicted molar refractivity (Wildman–Crippen MR) is 107 cm³/mol. The summed E-state index contributed by atoms with van der Waals surface area (Å²) in [6.07, 6.45) is 1.28. The number of rotatable bonds is 4. The number of ether oxygens (including phenoxy) is 1. The molecule has 0 spiro atoms. The molecule has 9 nitrogen and oxygen atoms in total. The SMILES string of the molecule is Cc1c(C(N)=O)sc2ncn(CC(=O)c3ccc4c(c3)N(C)C(=O)CO4)c(=O)c12. The first-order valence-corrected chi connectivity index (χ1v) is 9.44. The van der Waals surface area contributed by atoms with Gasteiger partial charge in [0.1, 0.15) is 10.6 Å². The number of aromatic nitrogens is 2. The van der Waals surface area contributed by atoms with Gasteiger partial charge in [0, 0.05) is 12.6 Å². The molecule has 2 amide bonds. The number of nitrogens with zero attached hydrogens (tertiary/aromatic N) is 3. The van der Waals surface area contributed by atoms with Crippen LogP contribution in [0, 0.1) is 6.92 Å². The van der Waals surface area contributed by atoms with Crippen LogP contribution in [0.5, 0.6) is 5.75 Å². The Balaban J connectivity index is 1.69. The first kappa shape index (κ1) is 18.8. The molecule has 4 rings (SSSR count). The molecule has 29 heavy (non-hydrogen) atoms. The van der Waals surface area contributed by atoms with E-state index in [-0.39, 0.29) is 35.1 Å². The van der Waals surface area contributed by atoms with Crippen molar-refractivity contribution in [2.45, 2.75) is 13.5 Å². The van der Waals surface area contributed by atoms with Crippen molar-refractivity contribution in [3.05, 3.63) is 50.9 Å². The largest absolute Gasteiger partial charge is 0.482 e. The van der Waals surface area contributed by atoms with Gasteiger partial charge in [-0.05, 0) is 30.7 Å². The Morgan fingerprint density at radius 1 is 1.31 bits per heavy atom. The number of aryl methyl sites for hydroxylation is 1. The average molecular weight is 412 g/mol. The lowest BCUT2D eigenvalue weighted by Gasteiger charge is -2.26. The molecule has 0 aliphatic carbocycles. The summed E-state index contributed by atoms with van der Waals surface area (Å²) >= 11 is 1.05. The zero-order chi connectivity index (χ0) is 20.9. The van der Waals surface area contributed by atoms with Crippen LogP contribution in [0.1, 0.15) is 25.6 Å². The normalized spacial score (nSPS) is 13.3. The molecule has 0 saturated carbocycles. The first-order valence-electron chi connectivity index (χ1n) is 8.63. The molecule has 0 saturated heterocycles. The number of thiophene rings is 1. The Kier molecular flexibility index (Phi) is 4.42. The van der Waals surface area contributed by atoms with E-state index in [1.165, 1.54) is 15.8 Å². The van der Waals surface area contributed by atoms with E-state index in [0.717, 1.165) is 11.3 Å². The highest BCUT2D eigenvalue weighted by atomic mass is 32.1. The number of anilines is 1. The number of ketones is 1.